The van der Waals surface area contributed by atoms with Gasteiger partial charge in [0.05, 0.1) is 22.1 Å². The van der Waals surface area contributed by atoms with Crippen molar-refractivity contribution in [3.05, 3.63) is 83.7 Å². The van der Waals surface area contributed by atoms with Gasteiger partial charge in [-0.3, -0.25) is 19.5 Å². The predicted octanol–water partition coefficient (Wildman–Crippen LogP) is 4.65. The number of nitrogens with one attached hydrogen (secondary N) is 2. The minimum atomic E-state index is -0.730. The first-order chi connectivity index (χ1) is 14.9. The molecule has 1 aliphatic heterocycles. The highest BCUT2D eigenvalue weighted by molar-refractivity contribution is 6.09. The number of benzene rings is 3. The molecule has 0 radical (unpaired) electrons. The molecule has 4 aromatic rings. The zero-order valence-electron chi connectivity index (χ0n) is 16.9. The van der Waals surface area contributed by atoms with Gasteiger partial charge in [0, 0.05) is 11.3 Å². The van der Waals surface area contributed by atoms with Crippen molar-refractivity contribution < 1.29 is 14.0 Å². The van der Waals surface area contributed by atoms with Crippen molar-refractivity contribution in [3.63, 3.8) is 0 Å². The van der Waals surface area contributed by atoms with E-state index in [4.69, 9.17) is 0 Å². The lowest BCUT2D eigenvalue weighted by Gasteiger charge is -2.16. The number of hydrogen-bond donors (Lipinski definition) is 2. The standard InChI is InChI=1S/C24H19FN4O2/c1-24(2)15-13-14(11-12-17(15)26-22(24)31)21(30)28-23-27-18-8-4-6-10-20(18)29(23)19-9-5-3-7-16(19)25/h3-13H,1-2H3,(H,26,31)(H,27,28,30). The van der Waals surface area contributed by atoms with Gasteiger partial charge < -0.3 is 5.32 Å². The summed E-state index contributed by atoms with van der Waals surface area (Å²) in [6, 6.07) is 18.7. The Kier molecular flexibility index (Phi) is 4.15. The fourth-order valence-electron chi connectivity index (χ4n) is 3.87. The van der Waals surface area contributed by atoms with Crippen LogP contribution >= 0.6 is 0 Å². The van der Waals surface area contributed by atoms with Crippen LogP contribution in [0.3, 0.4) is 0 Å². The maximum Gasteiger partial charge on any atom is 0.257 e. The number of hydrogen-bond acceptors (Lipinski definition) is 3. The van der Waals surface area contributed by atoms with Crippen LogP contribution in [0.5, 0.6) is 0 Å². The Balaban J connectivity index is 1.57. The molecule has 2 heterocycles. The number of amides is 2. The molecule has 154 valence electrons. The Labute approximate surface area is 177 Å². The Bertz CT molecular complexity index is 1370. The molecule has 0 saturated carbocycles. The van der Waals surface area contributed by atoms with Crippen molar-refractivity contribution in [2.75, 3.05) is 10.6 Å². The van der Waals surface area contributed by atoms with E-state index in [9.17, 15) is 14.0 Å². The van der Waals surface area contributed by atoms with Gasteiger partial charge in [0.2, 0.25) is 11.9 Å². The van der Waals surface area contributed by atoms with E-state index < -0.39 is 17.1 Å². The Morgan fingerprint density at radius 1 is 1.06 bits per heavy atom. The number of aromatic nitrogens is 2. The first-order valence-electron chi connectivity index (χ1n) is 9.86. The fourth-order valence-corrected chi connectivity index (χ4v) is 3.87. The largest absolute Gasteiger partial charge is 0.325 e. The molecule has 0 aliphatic carbocycles. The van der Waals surface area contributed by atoms with Crippen LogP contribution in [0.25, 0.3) is 16.7 Å². The molecule has 2 amide bonds. The van der Waals surface area contributed by atoms with Gasteiger partial charge in [-0.2, -0.15) is 0 Å². The molecular formula is C24H19FN4O2. The van der Waals surface area contributed by atoms with Gasteiger partial charge in [0.25, 0.3) is 5.91 Å². The number of rotatable bonds is 3. The van der Waals surface area contributed by atoms with Crippen molar-refractivity contribution in [2.45, 2.75) is 19.3 Å². The number of nitrogens with zero attached hydrogens (tertiary/aromatic N) is 2. The molecule has 0 unspecified atom stereocenters. The fraction of sp³-hybridized carbons (Fsp3) is 0.125. The van der Waals surface area contributed by atoms with E-state index in [1.807, 2.05) is 32.0 Å². The third-order valence-electron chi connectivity index (χ3n) is 5.65. The lowest BCUT2D eigenvalue weighted by Crippen LogP contribution is -2.27. The molecule has 7 heteroatoms. The maximum absolute atomic E-state index is 14.6. The van der Waals surface area contributed by atoms with Crippen LogP contribution in [0.2, 0.25) is 0 Å². The summed E-state index contributed by atoms with van der Waals surface area (Å²) in [7, 11) is 0. The van der Waals surface area contributed by atoms with Crippen LogP contribution in [0, 0.1) is 5.82 Å². The molecule has 2 N–H and O–H groups in total. The molecule has 0 fully saturated rings. The zero-order valence-corrected chi connectivity index (χ0v) is 16.9. The Morgan fingerprint density at radius 3 is 2.61 bits per heavy atom. The summed E-state index contributed by atoms with van der Waals surface area (Å²) < 4.78 is 16.2. The second-order valence-corrected chi connectivity index (χ2v) is 8.00. The third-order valence-corrected chi connectivity index (χ3v) is 5.65. The highest BCUT2D eigenvalue weighted by Gasteiger charge is 2.38. The van der Waals surface area contributed by atoms with Crippen molar-refractivity contribution in [1.29, 1.82) is 0 Å². The number of halogens is 1. The zero-order chi connectivity index (χ0) is 21.8. The van der Waals surface area contributed by atoms with Crippen LogP contribution < -0.4 is 10.6 Å². The highest BCUT2D eigenvalue weighted by atomic mass is 19.1. The summed E-state index contributed by atoms with van der Waals surface area (Å²) in [5.41, 5.74) is 2.70. The van der Waals surface area contributed by atoms with Crippen LogP contribution in [0.1, 0.15) is 29.8 Å². The molecule has 31 heavy (non-hydrogen) atoms. The van der Waals surface area contributed by atoms with E-state index >= 15 is 0 Å². The Morgan fingerprint density at radius 2 is 1.81 bits per heavy atom. The van der Waals surface area contributed by atoms with Gasteiger partial charge in [-0.25, -0.2) is 9.37 Å². The maximum atomic E-state index is 14.6. The van der Waals surface area contributed by atoms with E-state index in [0.29, 0.717) is 22.3 Å². The summed E-state index contributed by atoms with van der Waals surface area (Å²) >= 11 is 0. The van der Waals surface area contributed by atoms with Crippen molar-refractivity contribution in [2.24, 2.45) is 0 Å². The number of para-hydroxylation sites is 3. The van der Waals surface area contributed by atoms with Gasteiger partial charge in [-0.05, 0) is 61.9 Å². The van der Waals surface area contributed by atoms with E-state index in [1.165, 1.54) is 6.07 Å². The lowest BCUT2D eigenvalue weighted by atomic mass is 9.85. The van der Waals surface area contributed by atoms with Crippen molar-refractivity contribution in [1.82, 2.24) is 9.55 Å². The first-order valence-corrected chi connectivity index (χ1v) is 9.86. The van der Waals surface area contributed by atoms with E-state index in [0.717, 1.165) is 5.56 Å². The quantitative estimate of drug-likeness (QED) is 0.513. The summed E-state index contributed by atoms with van der Waals surface area (Å²) in [6.07, 6.45) is 0. The van der Waals surface area contributed by atoms with E-state index in [2.05, 4.69) is 15.6 Å². The van der Waals surface area contributed by atoms with Crippen molar-refractivity contribution in [3.8, 4) is 5.69 Å². The summed E-state index contributed by atoms with van der Waals surface area (Å²) in [6.45, 7) is 3.63. The monoisotopic (exact) mass is 414 g/mol. The van der Waals surface area contributed by atoms with Crippen LogP contribution in [0.15, 0.2) is 66.7 Å². The average Bonchev–Trinajstić information content (AvgIpc) is 3.22. The van der Waals surface area contributed by atoms with Crippen molar-refractivity contribution >= 4 is 34.5 Å². The molecule has 1 aliphatic rings. The van der Waals surface area contributed by atoms with E-state index in [-0.39, 0.29) is 17.5 Å². The second kappa shape index (κ2) is 6.77. The number of fused-ring (bicyclic) bond motifs is 2. The molecular weight excluding hydrogens is 395 g/mol. The normalized spacial score (nSPS) is 14.4. The van der Waals surface area contributed by atoms with Gasteiger partial charge in [-0.1, -0.05) is 24.3 Å². The van der Waals surface area contributed by atoms with Gasteiger partial charge in [0.1, 0.15) is 5.82 Å². The summed E-state index contributed by atoms with van der Waals surface area (Å²) in [5, 5.41) is 5.64. The first kappa shape index (κ1) is 19.0. The highest BCUT2D eigenvalue weighted by Crippen LogP contribution is 2.38. The Hall–Kier alpha value is -4.00. The third kappa shape index (κ3) is 2.97. The van der Waals surface area contributed by atoms with Crippen LogP contribution in [-0.4, -0.2) is 21.4 Å². The smallest absolute Gasteiger partial charge is 0.257 e. The SMILES string of the molecule is CC1(C)C(=O)Nc2ccc(C(=O)Nc3nc4ccccc4n3-c3ccccc3F)cc21. The molecule has 0 atom stereocenters. The van der Waals surface area contributed by atoms with Crippen LogP contribution in [-0.2, 0) is 10.2 Å². The molecule has 0 saturated heterocycles. The molecule has 0 spiro atoms. The minimum absolute atomic E-state index is 0.110. The molecule has 6 nitrogen and oxygen atoms in total. The lowest BCUT2D eigenvalue weighted by molar-refractivity contribution is -0.119. The summed E-state index contributed by atoms with van der Waals surface area (Å²) in [5.74, 6) is -0.720. The molecule has 3 aromatic carbocycles. The topological polar surface area (TPSA) is 76.0 Å². The number of anilines is 2. The minimum Gasteiger partial charge on any atom is -0.325 e. The van der Waals surface area contributed by atoms with Gasteiger partial charge in [-0.15, -0.1) is 0 Å². The molecule has 0 bridgehead atoms. The number of carbonyl (C=O) groups is 2. The molecule has 5 rings (SSSR count). The van der Waals surface area contributed by atoms with E-state index in [1.54, 1.807) is 47.0 Å². The second-order valence-electron chi connectivity index (χ2n) is 8.00. The van der Waals surface area contributed by atoms with Crippen LogP contribution in [0.4, 0.5) is 16.0 Å². The number of carbonyl (C=O) groups excluding carboxylic acids is 2. The predicted molar refractivity (Wildman–Crippen MR) is 117 cm³/mol. The average molecular weight is 414 g/mol. The summed E-state index contributed by atoms with van der Waals surface area (Å²) in [4.78, 5) is 29.8. The number of imidazole rings is 1. The van der Waals surface area contributed by atoms with Gasteiger partial charge in [0.15, 0.2) is 0 Å². The molecule has 1 aromatic heterocycles. The van der Waals surface area contributed by atoms with Gasteiger partial charge >= 0.3 is 0 Å².